The van der Waals surface area contributed by atoms with Crippen LogP contribution in [0, 0.1) is 25.2 Å². The number of hydrogen-bond acceptors (Lipinski definition) is 5. The van der Waals surface area contributed by atoms with Crippen LogP contribution in [0.15, 0.2) is 29.2 Å². The van der Waals surface area contributed by atoms with Gasteiger partial charge in [-0.1, -0.05) is 12.8 Å². The molecule has 6 nitrogen and oxygen atoms in total. The molecule has 1 saturated heterocycles. The average molecular weight is 418 g/mol. The zero-order valence-corrected chi connectivity index (χ0v) is 17.6. The molecule has 8 heteroatoms. The second kappa shape index (κ2) is 8.43. The molecule has 2 heterocycles. The monoisotopic (exact) mass is 417 g/mol. The highest BCUT2D eigenvalue weighted by atomic mass is 32.2. The molecule has 1 aromatic carbocycles. The summed E-state index contributed by atoms with van der Waals surface area (Å²) < 4.78 is 27.2. The van der Waals surface area contributed by atoms with Crippen molar-refractivity contribution < 1.29 is 13.2 Å². The molecule has 0 bridgehead atoms. The normalized spacial score (nSPS) is 15.6. The summed E-state index contributed by atoms with van der Waals surface area (Å²) in [6.07, 6.45) is 3.86. The lowest BCUT2D eigenvalue weighted by Crippen LogP contribution is -2.31. The zero-order chi connectivity index (χ0) is 20.3. The number of carbonyl (C=O) groups excluding carboxylic acids is 1. The molecule has 0 atom stereocenters. The second-order valence-corrected chi connectivity index (χ2v) is 10.1. The summed E-state index contributed by atoms with van der Waals surface area (Å²) in [5, 5.41) is 12.6. The van der Waals surface area contributed by atoms with E-state index in [2.05, 4.69) is 11.4 Å². The molecule has 0 saturated carbocycles. The second-order valence-electron chi connectivity index (χ2n) is 6.90. The van der Waals surface area contributed by atoms with Crippen LogP contribution in [-0.4, -0.2) is 31.7 Å². The molecule has 0 unspecified atom stereocenters. The number of thiophene rings is 1. The molecule has 28 heavy (non-hydrogen) atoms. The SMILES string of the molecule is Cc1sc(NC(=O)c2ccc(S(=O)(=O)N3CCCCCC3)cc2)c(C#N)c1C. The van der Waals surface area contributed by atoms with Crippen molar-refractivity contribution in [3.05, 3.63) is 45.8 Å². The molecule has 1 aliphatic heterocycles. The molecule has 3 rings (SSSR count). The van der Waals surface area contributed by atoms with E-state index in [1.165, 1.54) is 39.9 Å². The van der Waals surface area contributed by atoms with Gasteiger partial charge in [0.1, 0.15) is 11.1 Å². The molecule has 1 N–H and O–H groups in total. The number of rotatable bonds is 4. The predicted octanol–water partition coefficient (Wildman–Crippen LogP) is 4.05. The van der Waals surface area contributed by atoms with Crippen LogP contribution < -0.4 is 5.32 Å². The van der Waals surface area contributed by atoms with E-state index in [0.717, 1.165) is 36.1 Å². The fourth-order valence-corrected chi connectivity index (χ4v) is 5.76. The van der Waals surface area contributed by atoms with Crippen molar-refractivity contribution in [3.63, 3.8) is 0 Å². The first-order valence-corrected chi connectivity index (χ1v) is 11.5. The molecule has 2 aromatic rings. The Hall–Kier alpha value is -2.21. The first-order chi connectivity index (χ1) is 13.3. The minimum absolute atomic E-state index is 0.200. The van der Waals surface area contributed by atoms with E-state index < -0.39 is 10.0 Å². The summed E-state index contributed by atoms with van der Waals surface area (Å²) in [7, 11) is -3.54. The topological polar surface area (TPSA) is 90.3 Å². The van der Waals surface area contributed by atoms with Gasteiger partial charge in [-0.05, 0) is 56.5 Å². The smallest absolute Gasteiger partial charge is 0.256 e. The Morgan fingerprint density at radius 3 is 2.29 bits per heavy atom. The molecule has 1 fully saturated rings. The summed E-state index contributed by atoms with van der Waals surface area (Å²) in [5.41, 5.74) is 1.68. The van der Waals surface area contributed by atoms with E-state index in [0.29, 0.717) is 29.2 Å². The number of nitrogens with one attached hydrogen (secondary N) is 1. The largest absolute Gasteiger partial charge is 0.312 e. The highest BCUT2D eigenvalue weighted by molar-refractivity contribution is 7.89. The van der Waals surface area contributed by atoms with Gasteiger partial charge in [0.25, 0.3) is 5.91 Å². The summed E-state index contributed by atoms with van der Waals surface area (Å²) in [5.74, 6) is -0.364. The minimum atomic E-state index is -3.54. The summed E-state index contributed by atoms with van der Waals surface area (Å²) in [6.45, 7) is 4.83. The summed E-state index contributed by atoms with van der Waals surface area (Å²) >= 11 is 1.36. The van der Waals surface area contributed by atoms with Crippen LogP contribution >= 0.6 is 11.3 Å². The number of sulfonamides is 1. The van der Waals surface area contributed by atoms with Crippen molar-refractivity contribution in [2.24, 2.45) is 0 Å². The molecule has 0 spiro atoms. The molecule has 0 aliphatic carbocycles. The molecular weight excluding hydrogens is 394 g/mol. The summed E-state index contributed by atoms with van der Waals surface area (Å²) in [4.78, 5) is 13.7. The molecule has 1 aromatic heterocycles. The van der Waals surface area contributed by atoms with Crippen LogP contribution in [0.1, 0.15) is 52.0 Å². The standard InChI is InChI=1S/C20H23N3O3S2/c1-14-15(2)27-20(18(14)13-21)22-19(24)16-7-9-17(10-8-16)28(25,26)23-11-5-3-4-6-12-23/h7-10H,3-6,11-12H2,1-2H3,(H,22,24). The number of nitrogens with zero attached hydrogens (tertiary/aromatic N) is 2. The highest BCUT2D eigenvalue weighted by Crippen LogP contribution is 2.32. The van der Waals surface area contributed by atoms with E-state index in [4.69, 9.17) is 0 Å². The number of hydrogen-bond donors (Lipinski definition) is 1. The van der Waals surface area contributed by atoms with E-state index in [-0.39, 0.29) is 10.8 Å². The number of benzene rings is 1. The number of carbonyl (C=O) groups is 1. The maximum Gasteiger partial charge on any atom is 0.256 e. The van der Waals surface area contributed by atoms with Gasteiger partial charge >= 0.3 is 0 Å². The first-order valence-electron chi connectivity index (χ1n) is 9.26. The third-order valence-corrected chi connectivity index (χ3v) is 8.08. The first kappa shape index (κ1) is 20.5. The third kappa shape index (κ3) is 4.12. The lowest BCUT2D eigenvalue weighted by Gasteiger charge is -2.20. The highest BCUT2D eigenvalue weighted by Gasteiger charge is 2.25. The molecule has 1 amide bonds. The number of anilines is 1. The van der Waals surface area contributed by atoms with Gasteiger partial charge in [0.2, 0.25) is 10.0 Å². The average Bonchev–Trinajstić information content (AvgIpc) is 2.88. The van der Waals surface area contributed by atoms with Crippen molar-refractivity contribution >= 4 is 32.3 Å². The van der Waals surface area contributed by atoms with Gasteiger partial charge in [0.05, 0.1) is 10.5 Å². The molecule has 0 radical (unpaired) electrons. The summed E-state index contributed by atoms with van der Waals surface area (Å²) in [6, 6.07) is 8.10. The van der Waals surface area contributed by atoms with Crippen molar-refractivity contribution in [2.75, 3.05) is 18.4 Å². The third-order valence-electron chi connectivity index (χ3n) is 5.04. The Morgan fingerprint density at radius 1 is 1.11 bits per heavy atom. The lowest BCUT2D eigenvalue weighted by atomic mass is 10.2. The van der Waals surface area contributed by atoms with Crippen LogP contribution in [0.2, 0.25) is 0 Å². The fraction of sp³-hybridized carbons (Fsp3) is 0.400. The van der Waals surface area contributed by atoms with Crippen molar-refractivity contribution in [3.8, 4) is 6.07 Å². The fourth-order valence-electron chi connectivity index (χ4n) is 3.23. The molecule has 1 aliphatic rings. The Bertz CT molecular complexity index is 1010. The van der Waals surface area contributed by atoms with Gasteiger partial charge in [0, 0.05) is 23.5 Å². The van der Waals surface area contributed by atoms with Gasteiger partial charge < -0.3 is 5.32 Å². The van der Waals surface area contributed by atoms with Gasteiger partial charge in [-0.15, -0.1) is 11.3 Å². The Labute approximate surface area is 169 Å². The molecule has 148 valence electrons. The Morgan fingerprint density at radius 2 is 1.71 bits per heavy atom. The number of amides is 1. The quantitative estimate of drug-likeness (QED) is 0.812. The van der Waals surface area contributed by atoms with Crippen molar-refractivity contribution in [1.29, 1.82) is 5.26 Å². The van der Waals surface area contributed by atoms with Gasteiger partial charge in [-0.3, -0.25) is 4.79 Å². The van der Waals surface area contributed by atoms with E-state index in [1.54, 1.807) is 0 Å². The minimum Gasteiger partial charge on any atom is -0.312 e. The van der Waals surface area contributed by atoms with Crippen LogP contribution in [0.5, 0.6) is 0 Å². The zero-order valence-electron chi connectivity index (χ0n) is 16.0. The van der Waals surface area contributed by atoms with Crippen LogP contribution in [0.25, 0.3) is 0 Å². The van der Waals surface area contributed by atoms with Crippen molar-refractivity contribution in [1.82, 2.24) is 4.31 Å². The van der Waals surface area contributed by atoms with Gasteiger partial charge in [0.15, 0.2) is 0 Å². The van der Waals surface area contributed by atoms with Gasteiger partial charge in [-0.2, -0.15) is 9.57 Å². The Balaban J connectivity index is 1.78. The van der Waals surface area contributed by atoms with E-state index in [9.17, 15) is 18.5 Å². The maximum absolute atomic E-state index is 12.8. The van der Waals surface area contributed by atoms with Crippen LogP contribution in [0.3, 0.4) is 0 Å². The maximum atomic E-state index is 12.8. The predicted molar refractivity (Wildman–Crippen MR) is 110 cm³/mol. The lowest BCUT2D eigenvalue weighted by molar-refractivity contribution is 0.102. The number of aryl methyl sites for hydroxylation is 1. The number of nitriles is 1. The molecular formula is C20H23N3O3S2. The van der Waals surface area contributed by atoms with E-state index in [1.807, 2.05) is 13.8 Å². The van der Waals surface area contributed by atoms with Gasteiger partial charge in [-0.25, -0.2) is 8.42 Å². The van der Waals surface area contributed by atoms with Crippen molar-refractivity contribution in [2.45, 2.75) is 44.4 Å². The van der Waals surface area contributed by atoms with Crippen LogP contribution in [-0.2, 0) is 10.0 Å². The Kier molecular flexibility index (Phi) is 6.18. The van der Waals surface area contributed by atoms with Crippen LogP contribution in [0.4, 0.5) is 5.00 Å². The van der Waals surface area contributed by atoms with E-state index >= 15 is 0 Å².